The third-order valence-electron chi connectivity index (χ3n) is 4.59. The number of aryl methyl sites for hydroxylation is 1. The monoisotopic (exact) mass is 446 g/mol. The number of carbonyl (C=O) groups is 1. The van der Waals surface area contributed by atoms with Gasteiger partial charge in [0.15, 0.2) is 0 Å². The molecule has 5 nitrogen and oxygen atoms in total. The van der Waals surface area contributed by atoms with E-state index in [2.05, 4.69) is 5.32 Å². The number of alkyl halides is 3. The summed E-state index contributed by atoms with van der Waals surface area (Å²) in [7, 11) is -3.82. The Balaban J connectivity index is 2.30. The fourth-order valence-corrected chi connectivity index (χ4v) is 4.67. The first kappa shape index (κ1) is 23.8. The van der Waals surface area contributed by atoms with Gasteiger partial charge in [-0.1, -0.05) is 26.0 Å². The lowest BCUT2D eigenvalue weighted by Crippen LogP contribution is -2.31. The summed E-state index contributed by atoms with van der Waals surface area (Å²) in [5.74, 6) is -1.79. The Kier molecular flexibility index (Phi) is 7.25. The van der Waals surface area contributed by atoms with E-state index in [4.69, 9.17) is 0 Å². The molecule has 0 saturated carbocycles. The van der Waals surface area contributed by atoms with Gasteiger partial charge in [-0.05, 0) is 42.3 Å². The molecule has 0 aromatic heterocycles. The van der Waals surface area contributed by atoms with Crippen LogP contribution in [0.2, 0.25) is 0 Å². The molecule has 0 heterocycles. The largest absolute Gasteiger partial charge is 0.416 e. The van der Waals surface area contributed by atoms with Crippen molar-refractivity contribution in [2.45, 2.75) is 38.4 Å². The fourth-order valence-electron chi connectivity index (χ4n) is 2.97. The number of sulfonamides is 1. The molecule has 0 aliphatic heterocycles. The fraction of sp³-hybridized carbons (Fsp3) is 0.350. The summed E-state index contributed by atoms with van der Waals surface area (Å²) in [6.07, 6.45) is -4.78. The van der Waals surface area contributed by atoms with Crippen molar-refractivity contribution in [2.24, 2.45) is 0 Å². The summed E-state index contributed by atoms with van der Waals surface area (Å²) in [5.41, 5.74) is -1.06. The minimum atomic E-state index is -4.78. The lowest BCUT2D eigenvalue weighted by atomic mass is 10.1. The second-order valence-electron chi connectivity index (χ2n) is 6.55. The molecule has 2 rings (SSSR count). The molecule has 10 heteroatoms. The lowest BCUT2D eigenvalue weighted by molar-refractivity contribution is -0.138. The van der Waals surface area contributed by atoms with E-state index in [1.807, 2.05) is 0 Å². The molecular weight excluding hydrogens is 424 g/mol. The van der Waals surface area contributed by atoms with Crippen molar-refractivity contribution in [3.63, 3.8) is 0 Å². The van der Waals surface area contributed by atoms with Crippen molar-refractivity contribution in [1.82, 2.24) is 9.62 Å². The summed E-state index contributed by atoms with van der Waals surface area (Å²) in [6.45, 7) is 4.97. The molecule has 0 bridgehead atoms. The van der Waals surface area contributed by atoms with Gasteiger partial charge in [-0.25, -0.2) is 12.8 Å². The van der Waals surface area contributed by atoms with Crippen molar-refractivity contribution in [1.29, 1.82) is 0 Å². The minimum Gasteiger partial charge on any atom is -0.348 e. The van der Waals surface area contributed by atoms with Crippen molar-refractivity contribution in [3.05, 3.63) is 64.5 Å². The van der Waals surface area contributed by atoms with Crippen LogP contribution in [0.4, 0.5) is 17.6 Å². The predicted molar refractivity (Wildman–Crippen MR) is 104 cm³/mol. The summed E-state index contributed by atoms with van der Waals surface area (Å²) >= 11 is 0. The summed E-state index contributed by atoms with van der Waals surface area (Å²) in [5, 5.41) is 2.33. The summed E-state index contributed by atoms with van der Waals surface area (Å²) < 4.78 is 79.3. The van der Waals surface area contributed by atoms with Gasteiger partial charge in [0.1, 0.15) is 5.82 Å². The van der Waals surface area contributed by atoms with Crippen LogP contribution >= 0.6 is 0 Å². The highest BCUT2D eigenvalue weighted by molar-refractivity contribution is 7.89. The van der Waals surface area contributed by atoms with Crippen LogP contribution in [0.15, 0.2) is 41.3 Å². The molecule has 1 amide bonds. The van der Waals surface area contributed by atoms with Crippen LogP contribution in [-0.4, -0.2) is 31.7 Å². The smallest absolute Gasteiger partial charge is 0.348 e. The van der Waals surface area contributed by atoms with Gasteiger partial charge in [0.05, 0.1) is 10.5 Å². The highest BCUT2D eigenvalue weighted by atomic mass is 32.2. The van der Waals surface area contributed by atoms with E-state index in [9.17, 15) is 30.8 Å². The number of hydrogen-bond acceptors (Lipinski definition) is 3. The molecule has 0 fully saturated rings. The van der Waals surface area contributed by atoms with Crippen molar-refractivity contribution in [3.8, 4) is 0 Å². The number of nitrogens with one attached hydrogen (secondary N) is 1. The van der Waals surface area contributed by atoms with Gasteiger partial charge < -0.3 is 5.32 Å². The summed E-state index contributed by atoms with van der Waals surface area (Å²) in [4.78, 5) is 12.4. The topological polar surface area (TPSA) is 66.5 Å². The van der Waals surface area contributed by atoms with Crippen molar-refractivity contribution in [2.75, 3.05) is 13.1 Å². The number of carbonyl (C=O) groups excluding carboxylic acids is 1. The SMILES string of the molecule is CCN(CC)S(=O)(=O)c1cc(C(=O)NCc2ccc(F)cc2C(F)(F)F)ccc1C. The van der Waals surface area contributed by atoms with E-state index in [0.29, 0.717) is 11.6 Å². The van der Waals surface area contributed by atoms with Gasteiger partial charge >= 0.3 is 6.18 Å². The zero-order valence-corrected chi connectivity index (χ0v) is 17.5. The molecule has 0 atom stereocenters. The van der Waals surface area contributed by atoms with E-state index in [-0.39, 0.29) is 29.1 Å². The molecule has 0 spiro atoms. The molecule has 0 unspecified atom stereocenters. The Morgan fingerprint density at radius 1 is 1.07 bits per heavy atom. The van der Waals surface area contributed by atoms with Crippen LogP contribution < -0.4 is 5.32 Å². The predicted octanol–water partition coefficient (Wildman–Crippen LogP) is 4.11. The van der Waals surface area contributed by atoms with Crippen LogP contribution in [0.5, 0.6) is 0 Å². The Morgan fingerprint density at radius 3 is 2.27 bits per heavy atom. The molecule has 2 aromatic carbocycles. The Hall–Kier alpha value is -2.46. The highest BCUT2D eigenvalue weighted by Crippen LogP contribution is 2.32. The normalized spacial score (nSPS) is 12.3. The van der Waals surface area contributed by atoms with E-state index in [1.54, 1.807) is 20.8 Å². The average molecular weight is 446 g/mol. The standard InChI is InChI=1S/C20H22F4N2O3S/c1-4-26(5-2)30(28,29)18-10-14(7-6-13(18)3)19(27)25-12-15-8-9-16(21)11-17(15)20(22,23)24/h6-11H,4-5,12H2,1-3H3,(H,25,27). The Morgan fingerprint density at radius 2 is 1.70 bits per heavy atom. The van der Waals surface area contributed by atoms with Gasteiger partial charge in [0.2, 0.25) is 10.0 Å². The second kappa shape index (κ2) is 9.13. The van der Waals surface area contributed by atoms with Gasteiger partial charge in [-0.2, -0.15) is 17.5 Å². The number of rotatable bonds is 7. The lowest BCUT2D eigenvalue weighted by Gasteiger charge is -2.20. The first-order valence-electron chi connectivity index (χ1n) is 9.16. The van der Waals surface area contributed by atoms with Crippen LogP contribution in [0.25, 0.3) is 0 Å². The molecule has 0 radical (unpaired) electrons. The van der Waals surface area contributed by atoms with Gasteiger partial charge in [0.25, 0.3) is 5.91 Å². The molecular formula is C20H22F4N2O3S. The maximum absolute atomic E-state index is 13.2. The number of nitrogens with zero attached hydrogens (tertiary/aromatic N) is 1. The third kappa shape index (κ3) is 5.17. The van der Waals surface area contributed by atoms with Crippen LogP contribution in [0, 0.1) is 12.7 Å². The van der Waals surface area contributed by atoms with Crippen LogP contribution in [0.1, 0.15) is 40.9 Å². The number of benzene rings is 2. The molecule has 0 aliphatic carbocycles. The molecule has 30 heavy (non-hydrogen) atoms. The maximum Gasteiger partial charge on any atom is 0.416 e. The first-order valence-corrected chi connectivity index (χ1v) is 10.6. The zero-order chi connectivity index (χ0) is 22.7. The average Bonchev–Trinajstić information content (AvgIpc) is 2.67. The second-order valence-corrected chi connectivity index (χ2v) is 8.46. The van der Waals surface area contributed by atoms with Crippen molar-refractivity contribution < 1.29 is 30.8 Å². The quantitative estimate of drug-likeness (QED) is 0.651. The van der Waals surface area contributed by atoms with Gasteiger partial charge in [-0.3, -0.25) is 4.79 Å². The zero-order valence-electron chi connectivity index (χ0n) is 16.7. The van der Waals surface area contributed by atoms with E-state index in [0.717, 1.165) is 12.1 Å². The van der Waals surface area contributed by atoms with E-state index < -0.39 is 40.0 Å². The Labute approximate surface area is 172 Å². The molecule has 164 valence electrons. The highest BCUT2D eigenvalue weighted by Gasteiger charge is 2.33. The molecule has 0 saturated heterocycles. The molecule has 1 N–H and O–H groups in total. The van der Waals surface area contributed by atoms with Gasteiger partial charge in [-0.15, -0.1) is 0 Å². The molecule has 0 aliphatic rings. The third-order valence-corrected chi connectivity index (χ3v) is 6.78. The number of amides is 1. The van der Waals surface area contributed by atoms with Gasteiger partial charge in [0, 0.05) is 25.2 Å². The van der Waals surface area contributed by atoms with Crippen LogP contribution in [0.3, 0.4) is 0 Å². The summed E-state index contributed by atoms with van der Waals surface area (Å²) in [6, 6.07) is 6.24. The first-order chi connectivity index (χ1) is 13.9. The number of hydrogen-bond donors (Lipinski definition) is 1. The Bertz CT molecular complexity index is 1030. The maximum atomic E-state index is 13.2. The van der Waals surface area contributed by atoms with E-state index >= 15 is 0 Å². The van der Waals surface area contributed by atoms with Crippen LogP contribution in [-0.2, 0) is 22.7 Å². The van der Waals surface area contributed by atoms with Crippen molar-refractivity contribution >= 4 is 15.9 Å². The number of halogens is 4. The minimum absolute atomic E-state index is 0.0120. The van der Waals surface area contributed by atoms with E-state index in [1.165, 1.54) is 22.5 Å². The molecule has 2 aromatic rings.